The number of benzene rings is 1. The second kappa shape index (κ2) is 8.64. The lowest BCUT2D eigenvalue weighted by Crippen LogP contribution is -2.30. The lowest BCUT2D eigenvalue weighted by Gasteiger charge is -2.21. The van der Waals surface area contributed by atoms with Crippen LogP contribution in [0.15, 0.2) is 36.7 Å². The average Bonchev–Trinajstić information content (AvgIpc) is 3.21. The van der Waals surface area contributed by atoms with E-state index in [0.717, 1.165) is 5.39 Å². The highest BCUT2D eigenvalue weighted by Gasteiger charge is 2.21. The number of hydrogen-bond acceptors (Lipinski definition) is 5. The van der Waals surface area contributed by atoms with Crippen molar-refractivity contribution in [3.8, 4) is 11.5 Å². The van der Waals surface area contributed by atoms with Crippen molar-refractivity contribution >= 4 is 28.5 Å². The molecule has 2 heterocycles. The molecule has 0 unspecified atom stereocenters. The molecule has 8 nitrogen and oxygen atoms in total. The molecule has 152 valence electrons. The number of anilines is 1. The van der Waals surface area contributed by atoms with Crippen LogP contribution in [-0.4, -0.2) is 54.0 Å². The Morgan fingerprint density at radius 1 is 1.10 bits per heavy atom. The summed E-state index contributed by atoms with van der Waals surface area (Å²) in [5.41, 5.74) is 1.84. The molecule has 0 bridgehead atoms. The number of amides is 2. The minimum atomic E-state index is -0.367. The van der Waals surface area contributed by atoms with Gasteiger partial charge in [-0.25, -0.2) is 4.98 Å². The van der Waals surface area contributed by atoms with E-state index >= 15 is 0 Å². The second-order valence-electron chi connectivity index (χ2n) is 6.33. The smallest absolute Gasteiger partial charge is 0.257 e. The Kier molecular flexibility index (Phi) is 6.01. The quantitative estimate of drug-likeness (QED) is 0.639. The van der Waals surface area contributed by atoms with E-state index < -0.39 is 0 Å². The molecule has 8 heteroatoms. The van der Waals surface area contributed by atoms with E-state index in [1.165, 1.54) is 20.4 Å². The number of fused-ring (bicyclic) bond motifs is 1. The van der Waals surface area contributed by atoms with Crippen molar-refractivity contribution in [1.29, 1.82) is 0 Å². The van der Waals surface area contributed by atoms with Crippen molar-refractivity contribution in [2.75, 3.05) is 32.6 Å². The van der Waals surface area contributed by atoms with E-state index in [1.54, 1.807) is 29.3 Å². The number of pyridine rings is 1. The first-order chi connectivity index (χ1) is 14.0. The van der Waals surface area contributed by atoms with Gasteiger partial charge in [-0.2, -0.15) is 0 Å². The molecule has 0 aliphatic heterocycles. The molecular formula is C21H24N4O4. The van der Waals surface area contributed by atoms with Crippen molar-refractivity contribution in [3.05, 3.63) is 47.8 Å². The third-order valence-electron chi connectivity index (χ3n) is 4.69. The maximum absolute atomic E-state index is 12.8. The molecule has 0 saturated carbocycles. The molecule has 0 radical (unpaired) electrons. The minimum Gasteiger partial charge on any atom is -0.493 e. The zero-order valence-electron chi connectivity index (χ0n) is 16.9. The predicted octanol–water partition coefficient (Wildman–Crippen LogP) is 3.31. The maximum Gasteiger partial charge on any atom is 0.257 e. The summed E-state index contributed by atoms with van der Waals surface area (Å²) >= 11 is 0. The zero-order chi connectivity index (χ0) is 21.0. The van der Waals surface area contributed by atoms with Crippen LogP contribution in [0.5, 0.6) is 11.5 Å². The Bertz CT molecular complexity index is 1040. The molecule has 0 aliphatic rings. The number of carbonyl (C=O) groups excluding carboxylic acids is 2. The number of rotatable bonds is 7. The van der Waals surface area contributed by atoms with Gasteiger partial charge in [-0.05, 0) is 38.1 Å². The molecule has 29 heavy (non-hydrogen) atoms. The zero-order valence-corrected chi connectivity index (χ0v) is 16.9. The number of aromatic amines is 1. The largest absolute Gasteiger partial charge is 0.493 e. The van der Waals surface area contributed by atoms with E-state index in [2.05, 4.69) is 15.3 Å². The molecule has 0 spiro atoms. The van der Waals surface area contributed by atoms with Crippen LogP contribution in [-0.2, 0) is 0 Å². The first-order valence-electron chi connectivity index (χ1n) is 9.32. The van der Waals surface area contributed by atoms with Crippen molar-refractivity contribution < 1.29 is 19.1 Å². The number of nitrogens with one attached hydrogen (secondary N) is 2. The Morgan fingerprint density at radius 3 is 2.52 bits per heavy atom. The highest BCUT2D eigenvalue weighted by molar-refractivity contribution is 6.07. The van der Waals surface area contributed by atoms with Crippen LogP contribution < -0.4 is 14.8 Å². The van der Waals surface area contributed by atoms with E-state index in [4.69, 9.17) is 9.47 Å². The Hall–Kier alpha value is -3.55. The first-order valence-corrected chi connectivity index (χ1v) is 9.32. The van der Waals surface area contributed by atoms with Crippen molar-refractivity contribution in [2.24, 2.45) is 0 Å². The van der Waals surface area contributed by atoms with Crippen molar-refractivity contribution in [3.63, 3.8) is 0 Å². The van der Waals surface area contributed by atoms with Gasteiger partial charge in [0.25, 0.3) is 11.8 Å². The molecule has 3 rings (SSSR count). The van der Waals surface area contributed by atoms with Crippen molar-refractivity contribution in [2.45, 2.75) is 13.8 Å². The molecule has 0 saturated heterocycles. The fourth-order valence-electron chi connectivity index (χ4n) is 3.13. The summed E-state index contributed by atoms with van der Waals surface area (Å²) in [4.78, 5) is 34.5. The number of hydrogen-bond donors (Lipinski definition) is 2. The van der Waals surface area contributed by atoms with Crippen LogP contribution >= 0.6 is 0 Å². The SMILES string of the molecule is CCN(CC)C(=O)c1cc(NC(=O)c2cnc3[nH]ccc3c2)c(OC)c(OC)c1. The monoisotopic (exact) mass is 396 g/mol. The van der Waals surface area contributed by atoms with Crippen LogP contribution in [0.2, 0.25) is 0 Å². The third-order valence-corrected chi connectivity index (χ3v) is 4.69. The molecule has 0 fully saturated rings. The van der Waals surface area contributed by atoms with Crippen LogP contribution in [0.1, 0.15) is 34.6 Å². The summed E-state index contributed by atoms with van der Waals surface area (Å²) in [6, 6.07) is 6.79. The summed E-state index contributed by atoms with van der Waals surface area (Å²) in [7, 11) is 2.96. The fourth-order valence-corrected chi connectivity index (χ4v) is 3.13. The fraction of sp³-hybridized carbons (Fsp3) is 0.286. The number of carbonyl (C=O) groups is 2. The minimum absolute atomic E-state index is 0.151. The third kappa shape index (κ3) is 4.01. The Morgan fingerprint density at radius 2 is 1.86 bits per heavy atom. The van der Waals surface area contributed by atoms with E-state index in [1.807, 2.05) is 19.9 Å². The van der Waals surface area contributed by atoms with Gasteiger partial charge >= 0.3 is 0 Å². The summed E-state index contributed by atoms with van der Waals surface area (Å²) < 4.78 is 10.8. The first kappa shape index (κ1) is 20.2. The lowest BCUT2D eigenvalue weighted by molar-refractivity contribution is 0.0772. The predicted molar refractivity (Wildman–Crippen MR) is 111 cm³/mol. The highest BCUT2D eigenvalue weighted by atomic mass is 16.5. The molecule has 2 N–H and O–H groups in total. The topological polar surface area (TPSA) is 96.6 Å². The van der Waals surface area contributed by atoms with E-state index in [0.29, 0.717) is 47.1 Å². The van der Waals surface area contributed by atoms with Gasteiger partial charge in [-0.15, -0.1) is 0 Å². The second-order valence-corrected chi connectivity index (χ2v) is 6.33. The van der Waals surface area contributed by atoms with Gasteiger partial charge in [0.2, 0.25) is 0 Å². The molecule has 0 atom stereocenters. The van der Waals surface area contributed by atoms with Gasteiger partial charge in [0.1, 0.15) is 5.65 Å². The summed E-state index contributed by atoms with van der Waals surface area (Å²) in [6.45, 7) is 4.98. The standard InChI is InChI=1S/C21H24N4O4/c1-5-25(6-2)21(27)14-10-16(18(29-4)17(11-14)28-3)24-20(26)15-9-13-7-8-22-19(13)23-12-15/h7-12H,5-6H2,1-4H3,(H,22,23)(H,24,26). The van der Waals surface area contributed by atoms with Crippen LogP contribution in [0, 0.1) is 0 Å². The van der Waals surface area contributed by atoms with Gasteiger partial charge < -0.3 is 24.7 Å². The molecule has 2 amide bonds. The number of nitrogens with zero attached hydrogens (tertiary/aromatic N) is 2. The summed E-state index contributed by atoms with van der Waals surface area (Å²) in [5.74, 6) is 0.183. The van der Waals surface area contributed by atoms with Crippen LogP contribution in [0.3, 0.4) is 0 Å². The van der Waals surface area contributed by atoms with E-state index in [9.17, 15) is 9.59 Å². The maximum atomic E-state index is 12.8. The van der Waals surface area contributed by atoms with Gasteiger partial charge in [0.15, 0.2) is 11.5 Å². The highest BCUT2D eigenvalue weighted by Crippen LogP contribution is 2.37. The molecule has 1 aromatic carbocycles. The summed E-state index contributed by atoms with van der Waals surface area (Å²) in [5, 5.41) is 3.64. The van der Waals surface area contributed by atoms with Gasteiger partial charge in [0.05, 0.1) is 25.5 Å². The van der Waals surface area contributed by atoms with Crippen molar-refractivity contribution in [1.82, 2.24) is 14.9 Å². The lowest BCUT2D eigenvalue weighted by atomic mass is 10.1. The molecule has 0 aliphatic carbocycles. The van der Waals surface area contributed by atoms with Crippen LogP contribution in [0.25, 0.3) is 11.0 Å². The number of ether oxygens (including phenoxy) is 2. The number of H-pyrrole nitrogens is 1. The number of methoxy groups -OCH3 is 2. The normalized spacial score (nSPS) is 10.6. The van der Waals surface area contributed by atoms with Gasteiger partial charge in [-0.3, -0.25) is 9.59 Å². The molecule has 3 aromatic rings. The Balaban J connectivity index is 1.98. The summed E-state index contributed by atoms with van der Waals surface area (Å²) in [6.07, 6.45) is 3.25. The molecule has 2 aromatic heterocycles. The van der Waals surface area contributed by atoms with Gasteiger partial charge in [0, 0.05) is 36.4 Å². The molecular weight excluding hydrogens is 372 g/mol. The Labute approximate surface area is 168 Å². The number of aromatic nitrogens is 2. The van der Waals surface area contributed by atoms with Crippen LogP contribution in [0.4, 0.5) is 5.69 Å². The average molecular weight is 396 g/mol. The van der Waals surface area contributed by atoms with Gasteiger partial charge in [-0.1, -0.05) is 0 Å². The van der Waals surface area contributed by atoms with E-state index in [-0.39, 0.29) is 11.8 Å².